The number of nitrogens with zero attached hydrogens (tertiary/aromatic N) is 1. The van der Waals surface area contributed by atoms with Gasteiger partial charge >= 0.3 is 0 Å². The van der Waals surface area contributed by atoms with E-state index in [1.54, 1.807) is 30.0 Å². The zero-order valence-corrected chi connectivity index (χ0v) is 20.6. The molecule has 0 saturated carbocycles. The minimum Gasteiger partial charge on any atom is -0.355 e. The predicted molar refractivity (Wildman–Crippen MR) is 129 cm³/mol. The fourth-order valence-electron chi connectivity index (χ4n) is 3.37. The van der Waals surface area contributed by atoms with Crippen LogP contribution in [0.3, 0.4) is 0 Å². The number of carbonyl (C=O) groups excluding carboxylic acids is 1. The standard InChI is InChI=1S/C21H23Cl3N2O3S2/c22-16-6-8-17(9-7-16)30-12-10-25-21(27)15-3-2-11-26(13-15)31(28,29)14-18-19(23)4-1-5-20(18)24/h1,4-9,15H,2-3,10-14H2,(H,25,27)/t15-/m0/s1. The fourth-order valence-corrected chi connectivity index (χ4v) is 6.63. The van der Waals surface area contributed by atoms with Crippen LogP contribution in [0.1, 0.15) is 18.4 Å². The molecular weight excluding hydrogens is 499 g/mol. The Morgan fingerprint density at radius 3 is 2.45 bits per heavy atom. The van der Waals surface area contributed by atoms with Crippen LogP contribution >= 0.6 is 46.6 Å². The molecule has 0 radical (unpaired) electrons. The second-order valence-corrected chi connectivity index (χ2v) is 11.6. The number of piperidine rings is 1. The van der Waals surface area contributed by atoms with E-state index in [2.05, 4.69) is 5.32 Å². The maximum atomic E-state index is 12.9. The van der Waals surface area contributed by atoms with Crippen molar-refractivity contribution in [1.82, 2.24) is 9.62 Å². The normalized spacial score (nSPS) is 17.5. The van der Waals surface area contributed by atoms with E-state index in [0.717, 1.165) is 4.90 Å². The molecule has 10 heteroatoms. The molecule has 1 aliphatic rings. The monoisotopic (exact) mass is 520 g/mol. The van der Waals surface area contributed by atoms with Crippen LogP contribution in [0.25, 0.3) is 0 Å². The Kier molecular flexibility index (Phi) is 8.96. The van der Waals surface area contributed by atoms with Crippen molar-refractivity contribution in [2.24, 2.45) is 5.92 Å². The van der Waals surface area contributed by atoms with Gasteiger partial charge < -0.3 is 5.32 Å². The topological polar surface area (TPSA) is 66.5 Å². The highest BCUT2D eigenvalue weighted by molar-refractivity contribution is 7.99. The Balaban J connectivity index is 1.51. The van der Waals surface area contributed by atoms with Crippen LogP contribution in [-0.2, 0) is 20.6 Å². The van der Waals surface area contributed by atoms with Crippen molar-refractivity contribution in [3.05, 3.63) is 63.1 Å². The van der Waals surface area contributed by atoms with Gasteiger partial charge in [0.25, 0.3) is 0 Å². The predicted octanol–water partition coefficient (Wildman–Crippen LogP) is 5.10. The molecule has 5 nitrogen and oxygen atoms in total. The van der Waals surface area contributed by atoms with Crippen molar-refractivity contribution in [1.29, 1.82) is 0 Å². The number of hydrogen-bond donors (Lipinski definition) is 1. The first-order chi connectivity index (χ1) is 14.8. The molecule has 168 valence electrons. The Hall–Kier alpha value is -0.960. The molecule has 0 spiro atoms. The number of benzene rings is 2. The van der Waals surface area contributed by atoms with E-state index in [1.807, 2.05) is 24.3 Å². The molecule has 1 fully saturated rings. The lowest BCUT2D eigenvalue weighted by molar-refractivity contribution is -0.125. The molecule has 3 rings (SSSR count). The Morgan fingerprint density at radius 2 is 1.77 bits per heavy atom. The highest BCUT2D eigenvalue weighted by atomic mass is 35.5. The quantitative estimate of drug-likeness (QED) is 0.388. The molecule has 1 N–H and O–H groups in total. The Morgan fingerprint density at radius 1 is 1.10 bits per heavy atom. The second-order valence-electron chi connectivity index (χ2n) is 7.25. The first kappa shape index (κ1) is 24.7. The van der Waals surface area contributed by atoms with Gasteiger partial charge in [0.2, 0.25) is 15.9 Å². The van der Waals surface area contributed by atoms with Crippen LogP contribution in [0.5, 0.6) is 0 Å². The molecule has 1 saturated heterocycles. The number of hydrogen-bond acceptors (Lipinski definition) is 4. The van der Waals surface area contributed by atoms with Gasteiger partial charge in [-0.15, -0.1) is 11.8 Å². The largest absolute Gasteiger partial charge is 0.355 e. The molecule has 2 aromatic carbocycles. The van der Waals surface area contributed by atoms with Gasteiger partial charge in [0.05, 0.1) is 11.7 Å². The molecule has 0 bridgehead atoms. The molecule has 0 aliphatic carbocycles. The van der Waals surface area contributed by atoms with E-state index in [1.165, 1.54) is 4.31 Å². The number of nitrogens with one attached hydrogen (secondary N) is 1. The number of sulfonamides is 1. The zero-order chi connectivity index (χ0) is 22.4. The maximum absolute atomic E-state index is 12.9. The van der Waals surface area contributed by atoms with Crippen LogP contribution in [0.4, 0.5) is 0 Å². The molecule has 1 aliphatic heterocycles. The lowest BCUT2D eigenvalue weighted by Gasteiger charge is -2.31. The van der Waals surface area contributed by atoms with Gasteiger partial charge in [-0.1, -0.05) is 40.9 Å². The first-order valence-electron chi connectivity index (χ1n) is 9.83. The summed E-state index contributed by atoms with van der Waals surface area (Å²) in [7, 11) is -3.64. The summed E-state index contributed by atoms with van der Waals surface area (Å²) in [5, 5.41) is 4.25. The van der Waals surface area contributed by atoms with E-state index >= 15 is 0 Å². The highest BCUT2D eigenvalue weighted by Crippen LogP contribution is 2.29. The molecular formula is C21H23Cl3N2O3S2. The average molecular weight is 522 g/mol. The van der Waals surface area contributed by atoms with Crippen molar-refractivity contribution < 1.29 is 13.2 Å². The van der Waals surface area contributed by atoms with Crippen LogP contribution < -0.4 is 5.32 Å². The summed E-state index contributed by atoms with van der Waals surface area (Å²) >= 11 is 19.8. The summed E-state index contributed by atoms with van der Waals surface area (Å²) in [5.41, 5.74) is 0.386. The average Bonchev–Trinajstić information content (AvgIpc) is 2.75. The van der Waals surface area contributed by atoms with Crippen LogP contribution in [-0.4, -0.2) is 44.0 Å². The molecule has 2 aromatic rings. The summed E-state index contributed by atoms with van der Waals surface area (Å²) < 4.78 is 27.2. The third-order valence-electron chi connectivity index (χ3n) is 5.02. The SMILES string of the molecule is O=C(NCCSc1ccc(Cl)cc1)[C@H]1CCCN(S(=O)(=O)Cc2c(Cl)cccc2Cl)C1. The van der Waals surface area contributed by atoms with E-state index in [4.69, 9.17) is 34.8 Å². The number of carbonyl (C=O) groups is 1. The van der Waals surface area contributed by atoms with Gasteiger partial charge in [-0.2, -0.15) is 0 Å². The third kappa shape index (κ3) is 7.01. The van der Waals surface area contributed by atoms with Crippen molar-refractivity contribution in [2.75, 3.05) is 25.4 Å². The second kappa shape index (κ2) is 11.3. The van der Waals surface area contributed by atoms with Gasteiger partial charge in [0.15, 0.2) is 0 Å². The molecule has 1 atom stereocenters. The van der Waals surface area contributed by atoms with Crippen LogP contribution in [0.15, 0.2) is 47.4 Å². The number of thioether (sulfide) groups is 1. The van der Waals surface area contributed by atoms with E-state index in [-0.39, 0.29) is 24.1 Å². The highest BCUT2D eigenvalue weighted by Gasteiger charge is 2.33. The molecule has 0 unspecified atom stereocenters. The number of rotatable bonds is 8. The van der Waals surface area contributed by atoms with Crippen molar-refractivity contribution in [3.8, 4) is 0 Å². The van der Waals surface area contributed by atoms with E-state index in [9.17, 15) is 13.2 Å². The fraction of sp³-hybridized carbons (Fsp3) is 0.381. The summed E-state index contributed by atoms with van der Waals surface area (Å²) in [5.74, 6) is -0.0526. The molecule has 1 amide bonds. The smallest absolute Gasteiger partial charge is 0.224 e. The van der Waals surface area contributed by atoms with Crippen molar-refractivity contribution >= 4 is 62.5 Å². The van der Waals surface area contributed by atoms with E-state index < -0.39 is 10.0 Å². The van der Waals surface area contributed by atoms with Crippen LogP contribution in [0.2, 0.25) is 15.1 Å². The summed E-state index contributed by atoms with van der Waals surface area (Å²) in [6.07, 6.45) is 1.29. The lowest BCUT2D eigenvalue weighted by atomic mass is 9.99. The minimum atomic E-state index is -3.64. The lowest BCUT2D eigenvalue weighted by Crippen LogP contribution is -2.46. The van der Waals surface area contributed by atoms with Gasteiger partial charge in [-0.05, 0) is 49.2 Å². The van der Waals surface area contributed by atoms with E-state index in [0.29, 0.717) is 52.3 Å². The third-order valence-corrected chi connectivity index (χ3v) is 8.77. The number of amides is 1. The van der Waals surface area contributed by atoms with Gasteiger partial charge in [0, 0.05) is 50.9 Å². The maximum Gasteiger partial charge on any atom is 0.224 e. The first-order valence-corrected chi connectivity index (χ1v) is 13.6. The molecule has 31 heavy (non-hydrogen) atoms. The van der Waals surface area contributed by atoms with Gasteiger partial charge in [-0.25, -0.2) is 12.7 Å². The molecule has 0 aromatic heterocycles. The van der Waals surface area contributed by atoms with Crippen molar-refractivity contribution in [2.45, 2.75) is 23.5 Å². The number of halogens is 3. The Labute approximate surface area is 202 Å². The summed E-state index contributed by atoms with van der Waals surface area (Å²) in [6.45, 7) is 1.06. The van der Waals surface area contributed by atoms with Gasteiger partial charge in [-0.3, -0.25) is 4.79 Å². The Bertz CT molecular complexity index is 997. The summed E-state index contributed by atoms with van der Waals surface area (Å²) in [6, 6.07) is 12.4. The zero-order valence-electron chi connectivity index (χ0n) is 16.7. The van der Waals surface area contributed by atoms with Gasteiger partial charge in [0.1, 0.15) is 0 Å². The van der Waals surface area contributed by atoms with Crippen molar-refractivity contribution in [3.63, 3.8) is 0 Å². The molecule has 1 heterocycles. The minimum absolute atomic E-state index is 0.118. The van der Waals surface area contributed by atoms with Crippen LogP contribution in [0, 0.1) is 5.92 Å². The summed E-state index contributed by atoms with van der Waals surface area (Å²) in [4.78, 5) is 13.7.